The van der Waals surface area contributed by atoms with Crippen molar-refractivity contribution >= 4 is 27.7 Å². The summed E-state index contributed by atoms with van der Waals surface area (Å²) in [6.45, 7) is 5.20. The van der Waals surface area contributed by atoms with E-state index in [-0.39, 0.29) is 0 Å². The van der Waals surface area contributed by atoms with Crippen molar-refractivity contribution < 1.29 is 0 Å². The van der Waals surface area contributed by atoms with Crippen molar-refractivity contribution in [1.29, 1.82) is 0 Å². The summed E-state index contributed by atoms with van der Waals surface area (Å²) in [6.07, 6.45) is 4.70. The van der Waals surface area contributed by atoms with Crippen molar-refractivity contribution in [2.45, 2.75) is 62.2 Å². The second-order valence-corrected chi connectivity index (χ2v) is 7.30. The maximum Gasteiger partial charge on any atom is 0.197 e. The van der Waals surface area contributed by atoms with Gasteiger partial charge in [0.2, 0.25) is 0 Å². The average Bonchev–Trinajstić information content (AvgIpc) is 2.68. The van der Waals surface area contributed by atoms with Crippen LogP contribution in [0, 0.1) is 0 Å². The highest BCUT2D eigenvalue weighted by molar-refractivity contribution is 9.10. The summed E-state index contributed by atoms with van der Waals surface area (Å²) < 4.78 is 3.06. The van der Waals surface area contributed by atoms with Gasteiger partial charge in [-0.3, -0.25) is 0 Å². The number of fused-ring (bicyclic) bond motifs is 1. The zero-order chi connectivity index (χ0) is 14.8. The Labute approximate surface area is 137 Å². The lowest BCUT2D eigenvalue weighted by molar-refractivity contribution is 0.590. The summed E-state index contributed by atoms with van der Waals surface area (Å²) in [7, 11) is 0. The number of rotatable bonds is 3. The number of halogens is 1. The highest BCUT2D eigenvalue weighted by Crippen LogP contribution is 2.29. The number of aromatic nitrogens is 5. The van der Waals surface area contributed by atoms with E-state index in [9.17, 15) is 0 Å². The van der Waals surface area contributed by atoms with Crippen LogP contribution >= 0.6 is 27.7 Å². The summed E-state index contributed by atoms with van der Waals surface area (Å²) >= 11 is 5.04. The summed E-state index contributed by atoms with van der Waals surface area (Å²) in [5.41, 5.74) is 0. The quantitative estimate of drug-likeness (QED) is 0.771. The van der Waals surface area contributed by atoms with Crippen molar-refractivity contribution in [3.05, 3.63) is 22.3 Å². The van der Waals surface area contributed by atoms with Crippen LogP contribution < -0.4 is 0 Å². The van der Waals surface area contributed by atoms with Crippen LogP contribution in [0.15, 0.2) is 20.9 Å². The molecule has 3 heterocycles. The Hall–Kier alpha value is -0.950. The number of nitrogens with zero attached hydrogens (tertiary/aromatic N) is 5. The van der Waals surface area contributed by atoms with E-state index >= 15 is 0 Å². The van der Waals surface area contributed by atoms with Gasteiger partial charge in [-0.2, -0.15) is 0 Å². The third kappa shape index (κ3) is 3.45. The lowest BCUT2D eigenvalue weighted by Crippen LogP contribution is -2.03. The van der Waals surface area contributed by atoms with Crippen LogP contribution in [0.5, 0.6) is 0 Å². The van der Waals surface area contributed by atoms with Crippen LogP contribution in [0.25, 0.3) is 0 Å². The molecule has 3 rings (SSSR count). The SMILES string of the molecule is CC(C)c1nc(Br)cc(Sc2nnc3n2CCCCC3)n1. The Morgan fingerprint density at radius 2 is 2.05 bits per heavy atom. The normalized spacial score (nSPS) is 15.0. The Morgan fingerprint density at radius 1 is 1.19 bits per heavy atom. The van der Waals surface area contributed by atoms with Crippen molar-refractivity contribution in [2.75, 3.05) is 0 Å². The Kier molecular flexibility index (Phi) is 4.59. The van der Waals surface area contributed by atoms with Gasteiger partial charge in [0.05, 0.1) is 0 Å². The van der Waals surface area contributed by atoms with Gasteiger partial charge in [0.15, 0.2) is 5.16 Å². The molecular formula is C14H18BrN5S. The number of aryl methyl sites for hydroxylation is 1. The summed E-state index contributed by atoms with van der Waals surface area (Å²) in [5.74, 6) is 2.26. The molecule has 1 aliphatic heterocycles. The Morgan fingerprint density at radius 3 is 2.86 bits per heavy atom. The van der Waals surface area contributed by atoms with E-state index in [0.29, 0.717) is 5.92 Å². The molecule has 0 aromatic carbocycles. The average molecular weight is 368 g/mol. The predicted octanol–water partition coefficient (Wildman–Crippen LogP) is 3.83. The molecule has 0 saturated carbocycles. The molecule has 0 fully saturated rings. The molecule has 0 radical (unpaired) electrons. The summed E-state index contributed by atoms with van der Waals surface area (Å²) in [4.78, 5) is 9.04. The number of hydrogen-bond donors (Lipinski definition) is 0. The second-order valence-electron chi connectivity index (χ2n) is 5.50. The van der Waals surface area contributed by atoms with E-state index in [1.165, 1.54) is 19.3 Å². The smallest absolute Gasteiger partial charge is 0.197 e. The minimum Gasteiger partial charge on any atom is -0.306 e. The number of hydrogen-bond acceptors (Lipinski definition) is 5. The third-order valence-electron chi connectivity index (χ3n) is 3.48. The molecule has 0 unspecified atom stereocenters. The van der Waals surface area contributed by atoms with Crippen molar-refractivity contribution in [3.63, 3.8) is 0 Å². The molecule has 0 atom stereocenters. The van der Waals surface area contributed by atoms with Crippen LogP contribution in [0.4, 0.5) is 0 Å². The van der Waals surface area contributed by atoms with Gasteiger partial charge >= 0.3 is 0 Å². The molecule has 0 N–H and O–H groups in total. The van der Waals surface area contributed by atoms with E-state index < -0.39 is 0 Å². The molecule has 112 valence electrons. The van der Waals surface area contributed by atoms with Crippen LogP contribution in [0.1, 0.15) is 50.7 Å². The van der Waals surface area contributed by atoms with E-state index in [4.69, 9.17) is 0 Å². The van der Waals surface area contributed by atoms with Crippen LogP contribution in [-0.2, 0) is 13.0 Å². The topological polar surface area (TPSA) is 56.5 Å². The molecule has 0 aliphatic carbocycles. The fraction of sp³-hybridized carbons (Fsp3) is 0.571. The van der Waals surface area contributed by atoms with Gasteiger partial charge in [-0.05, 0) is 40.5 Å². The molecule has 2 aromatic heterocycles. The van der Waals surface area contributed by atoms with Crippen LogP contribution in [0.2, 0.25) is 0 Å². The lowest BCUT2D eigenvalue weighted by atomic mass is 10.2. The fourth-order valence-electron chi connectivity index (χ4n) is 2.35. The van der Waals surface area contributed by atoms with Crippen LogP contribution in [-0.4, -0.2) is 24.7 Å². The van der Waals surface area contributed by atoms with Gasteiger partial charge < -0.3 is 4.57 Å². The molecule has 0 amide bonds. The van der Waals surface area contributed by atoms with Gasteiger partial charge in [-0.1, -0.05) is 20.3 Å². The Bertz CT molecular complexity index is 640. The van der Waals surface area contributed by atoms with Gasteiger partial charge in [0.1, 0.15) is 21.3 Å². The van der Waals surface area contributed by atoms with Gasteiger partial charge in [-0.15, -0.1) is 10.2 Å². The minimum absolute atomic E-state index is 0.303. The van der Waals surface area contributed by atoms with Gasteiger partial charge in [0.25, 0.3) is 0 Å². The highest BCUT2D eigenvalue weighted by Gasteiger charge is 2.17. The van der Waals surface area contributed by atoms with Gasteiger partial charge in [-0.25, -0.2) is 9.97 Å². The molecule has 0 bridgehead atoms. The maximum absolute atomic E-state index is 4.62. The molecule has 1 aliphatic rings. The largest absolute Gasteiger partial charge is 0.306 e. The molecule has 5 nitrogen and oxygen atoms in total. The summed E-state index contributed by atoms with van der Waals surface area (Å²) in [5, 5.41) is 10.5. The van der Waals surface area contributed by atoms with E-state index in [0.717, 1.165) is 39.4 Å². The molecule has 0 spiro atoms. The first-order valence-electron chi connectivity index (χ1n) is 7.28. The summed E-state index contributed by atoms with van der Waals surface area (Å²) in [6, 6.07) is 1.94. The van der Waals surface area contributed by atoms with Crippen LogP contribution in [0.3, 0.4) is 0 Å². The lowest BCUT2D eigenvalue weighted by Gasteiger charge is -2.08. The van der Waals surface area contributed by atoms with Crippen molar-refractivity contribution in [2.24, 2.45) is 0 Å². The Balaban J connectivity index is 1.89. The van der Waals surface area contributed by atoms with E-state index in [2.05, 4.69) is 54.5 Å². The van der Waals surface area contributed by atoms with E-state index in [1.807, 2.05) is 6.07 Å². The third-order valence-corrected chi connectivity index (χ3v) is 4.79. The second kappa shape index (κ2) is 6.44. The first kappa shape index (κ1) is 15.0. The zero-order valence-electron chi connectivity index (χ0n) is 12.2. The molecule has 2 aromatic rings. The first-order chi connectivity index (χ1) is 10.1. The van der Waals surface area contributed by atoms with E-state index in [1.54, 1.807) is 11.8 Å². The van der Waals surface area contributed by atoms with Crippen molar-refractivity contribution in [1.82, 2.24) is 24.7 Å². The predicted molar refractivity (Wildman–Crippen MR) is 85.5 cm³/mol. The standard InChI is InChI=1S/C14H18BrN5S/c1-9(2)13-16-10(15)8-12(17-13)21-14-19-18-11-6-4-3-5-7-20(11)14/h8-9H,3-7H2,1-2H3. The first-order valence-corrected chi connectivity index (χ1v) is 8.89. The molecule has 0 saturated heterocycles. The molecular weight excluding hydrogens is 350 g/mol. The molecule has 7 heteroatoms. The minimum atomic E-state index is 0.303. The monoisotopic (exact) mass is 367 g/mol. The zero-order valence-corrected chi connectivity index (χ0v) is 14.6. The highest BCUT2D eigenvalue weighted by atomic mass is 79.9. The van der Waals surface area contributed by atoms with Crippen molar-refractivity contribution in [3.8, 4) is 0 Å². The fourth-order valence-corrected chi connectivity index (χ4v) is 3.79. The maximum atomic E-state index is 4.62. The van der Waals surface area contributed by atoms with Gasteiger partial charge in [0, 0.05) is 24.9 Å². The molecule has 21 heavy (non-hydrogen) atoms.